The molecule has 29 heavy (non-hydrogen) atoms. The number of benzene rings is 2. The molecule has 2 rings (SSSR count). The van der Waals surface area contributed by atoms with E-state index in [1.807, 2.05) is 41.5 Å². The summed E-state index contributed by atoms with van der Waals surface area (Å²) in [5.41, 5.74) is 2.03. The largest absolute Gasteiger partial charge is 0.412 e. The minimum Gasteiger partial charge on any atom is -0.410 e. The molecule has 0 fully saturated rings. The van der Waals surface area contributed by atoms with Gasteiger partial charge in [-0.15, -0.1) is 0 Å². The summed E-state index contributed by atoms with van der Waals surface area (Å²) in [6.07, 6.45) is -0.542. The van der Waals surface area contributed by atoms with Crippen LogP contribution in [0.15, 0.2) is 36.4 Å². The van der Waals surface area contributed by atoms with Crippen molar-refractivity contribution in [2.75, 3.05) is 12.4 Å². The zero-order valence-electron chi connectivity index (χ0n) is 18.1. The SMILES string of the molecule is CNC(=O)Oc1c(C(C)(C)C)cc(C(=O)Nc2ccc(Cl)cc2)cc1C(C)(C)C. The molecule has 5 nitrogen and oxygen atoms in total. The number of halogens is 1. The minimum atomic E-state index is -0.542. The fourth-order valence-electron chi connectivity index (χ4n) is 2.86. The van der Waals surface area contributed by atoms with Gasteiger partial charge in [0, 0.05) is 34.4 Å². The van der Waals surface area contributed by atoms with Crippen LogP contribution >= 0.6 is 11.6 Å². The second kappa shape index (κ2) is 8.46. The molecule has 2 aromatic carbocycles. The number of nitrogens with one attached hydrogen (secondary N) is 2. The van der Waals surface area contributed by atoms with E-state index in [4.69, 9.17) is 16.3 Å². The maximum Gasteiger partial charge on any atom is 0.412 e. The predicted octanol–water partition coefficient (Wildman–Crippen LogP) is 5.91. The van der Waals surface area contributed by atoms with Gasteiger partial charge < -0.3 is 15.4 Å². The predicted molar refractivity (Wildman–Crippen MR) is 118 cm³/mol. The Kier molecular flexibility index (Phi) is 6.63. The number of anilines is 1. The first-order valence-electron chi connectivity index (χ1n) is 9.48. The van der Waals surface area contributed by atoms with Gasteiger partial charge in [0.05, 0.1) is 0 Å². The molecule has 0 unspecified atom stereocenters. The molecule has 6 heteroatoms. The quantitative estimate of drug-likeness (QED) is 0.653. The van der Waals surface area contributed by atoms with Crippen molar-refractivity contribution in [2.45, 2.75) is 52.4 Å². The van der Waals surface area contributed by atoms with Crippen molar-refractivity contribution in [3.8, 4) is 5.75 Å². The van der Waals surface area contributed by atoms with E-state index < -0.39 is 6.09 Å². The van der Waals surface area contributed by atoms with Crippen LogP contribution in [0.5, 0.6) is 5.75 Å². The summed E-state index contributed by atoms with van der Waals surface area (Å²) in [5.74, 6) is 0.252. The van der Waals surface area contributed by atoms with E-state index >= 15 is 0 Å². The van der Waals surface area contributed by atoms with Gasteiger partial charge in [-0.1, -0.05) is 53.1 Å². The van der Waals surface area contributed by atoms with Gasteiger partial charge >= 0.3 is 6.09 Å². The van der Waals surface area contributed by atoms with Gasteiger partial charge in [0.15, 0.2) is 0 Å². The lowest BCUT2D eigenvalue weighted by Crippen LogP contribution is -2.28. The molecule has 0 bridgehead atoms. The molecule has 2 aromatic rings. The van der Waals surface area contributed by atoms with Crippen LogP contribution in [0.4, 0.5) is 10.5 Å². The first-order valence-corrected chi connectivity index (χ1v) is 9.86. The van der Waals surface area contributed by atoms with Crippen LogP contribution < -0.4 is 15.4 Å². The molecular formula is C23H29ClN2O3. The Hall–Kier alpha value is -2.53. The smallest absolute Gasteiger partial charge is 0.410 e. The zero-order valence-corrected chi connectivity index (χ0v) is 18.8. The summed E-state index contributed by atoms with van der Waals surface area (Å²) in [6, 6.07) is 10.5. The third kappa shape index (κ3) is 5.73. The molecule has 0 aliphatic rings. The average molecular weight is 417 g/mol. The zero-order chi connectivity index (χ0) is 22.0. The van der Waals surface area contributed by atoms with E-state index in [1.54, 1.807) is 36.4 Å². The second-order valence-corrected chi connectivity index (χ2v) is 9.44. The molecule has 156 valence electrons. The minimum absolute atomic E-state index is 0.241. The molecule has 0 aromatic heterocycles. The average Bonchev–Trinajstić information content (AvgIpc) is 2.61. The highest BCUT2D eigenvalue weighted by Gasteiger charge is 2.30. The molecule has 0 spiro atoms. The van der Waals surface area contributed by atoms with Gasteiger partial charge in [-0.3, -0.25) is 4.79 Å². The normalized spacial score (nSPS) is 11.7. The van der Waals surface area contributed by atoms with Crippen molar-refractivity contribution in [2.24, 2.45) is 0 Å². The molecule has 0 saturated heterocycles. The van der Waals surface area contributed by atoms with Crippen molar-refractivity contribution in [1.82, 2.24) is 5.32 Å². The van der Waals surface area contributed by atoms with Gasteiger partial charge in [-0.2, -0.15) is 0 Å². The lowest BCUT2D eigenvalue weighted by Gasteiger charge is -2.29. The summed E-state index contributed by atoms with van der Waals surface area (Å²) in [6.45, 7) is 12.1. The van der Waals surface area contributed by atoms with Crippen LogP contribution in [0, 0.1) is 0 Å². The second-order valence-electron chi connectivity index (χ2n) is 9.00. The van der Waals surface area contributed by atoms with Crippen molar-refractivity contribution in [3.63, 3.8) is 0 Å². The van der Waals surface area contributed by atoms with Crippen LogP contribution in [-0.2, 0) is 10.8 Å². The van der Waals surface area contributed by atoms with E-state index in [-0.39, 0.29) is 16.7 Å². The highest BCUT2D eigenvalue weighted by molar-refractivity contribution is 6.30. The number of amides is 2. The Morgan fingerprint density at radius 3 is 1.79 bits per heavy atom. The molecular weight excluding hydrogens is 388 g/mol. The molecule has 2 amide bonds. The maximum atomic E-state index is 13.0. The Morgan fingerprint density at radius 2 is 1.38 bits per heavy atom. The Morgan fingerprint density at radius 1 is 0.897 bits per heavy atom. The lowest BCUT2D eigenvalue weighted by atomic mass is 9.78. The van der Waals surface area contributed by atoms with Gasteiger partial charge in [-0.05, 0) is 47.2 Å². The molecule has 0 saturated carbocycles. The summed E-state index contributed by atoms with van der Waals surface area (Å²) in [7, 11) is 1.52. The standard InChI is InChI=1S/C23H29ClN2O3/c1-22(2,3)17-12-14(20(27)26-16-10-8-15(24)9-11-16)13-18(23(4,5)6)19(17)29-21(28)25-7/h8-13H,1-7H3,(H,25,28)(H,26,27). The topological polar surface area (TPSA) is 67.4 Å². The van der Waals surface area contributed by atoms with E-state index in [0.717, 1.165) is 11.1 Å². The van der Waals surface area contributed by atoms with Gasteiger partial charge in [0.1, 0.15) is 5.75 Å². The number of rotatable bonds is 3. The van der Waals surface area contributed by atoms with Gasteiger partial charge in [0.25, 0.3) is 5.91 Å². The highest BCUT2D eigenvalue weighted by Crippen LogP contribution is 2.41. The van der Waals surface area contributed by atoms with Crippen LogP contribution in [0.1, 0.15) is 63.0 Å². The van der Waals surface area contributed by atoms with Gasteiger partial charge in [0.2, 0.25) is 0 Å². The molecule has 0 radical (unpaired) electrons. The Labute approximate surface area is 177 Å². The molecule has 2 N–H and O–H groups in total. The number of carbonyl (C=O) groups is 2. The summed E-state index contributed by atoms with van der Waals surface area (Å²) < 4.78 is 5.65. The lowest BCUT2D eigenvalue weighted by molar-refractivity contribution is 0.102. The fourth-order valence-corrected chi connectivity index (χ4v) is 2.99. The van der Waals surface area contributed by atoms with Gasteiger partial charge in [-0.25, -0.2) is 4.79 Å². The van der Waals surface area contributed by atoms with Crippen LogP contribution in [0.3, 0.4) is 0 Å². The fraction of sp³-hybridized carbons (Fsp3) is 0.391. The summed E-state index contributed by atoms with van der Waals surface area (Å²) >= 11 is 5.92. The third-order valence-electron chi connectivity index (χ3n) is 4.47. The number of carbonyl (C=O) groups excluding carboxylic acids is 2. The molecule has 0 atom stereocenters. The molecule has 0 aliphatic heterocycles. The first kappa shape index (κ1) is 22.8. The maximum absolute atomic E-state index is 13.0. The summed E-state index contributed by atoms with van der Waals surface area (Å²) in [5, 5.41) is 5.99. The van der Waals surface area contributed by atoms with Crippen LogP contribution in [0.25, 0.3) is 0 Å². The van der Waals surface area contributed by atoms with E-state index in [2.05, 4.69) is 10.6 Å². The number of hydrogen-bond donors (Lipinski definition) is 2. The molecule has 0 aliphatic carbocycles. The van der Waals surface area contributed by atoms with Crippen LogP contribution in [-0.4, -0.2) is 19.0 Å². The van der Waals surface area contributed by atoms with Crippen molar-refractivity contribution >= 4 is 29.3 Å². The van der Waals surface area contributed by atoms with Crippen molar-refractivity contribution < 1.29 is 14.3 Å². The first-order chi connectivity index (χ1) is 13.3. The number of hydrogen-bond acceptors (Lipinski definition) is 3. The monoisotopic (exact) mass is 416 g/mol. The highest BCUT2D eigenvalue weighted by atomic mass is 35.5. The number of ether oxygens (including phenoxy) is 1. The van der Waals surface area contributed by atoms with E-state index in [9.17, 15) is 9.59 Å². The van der Waals surface area contributed by atoms with E-state index in [0.29, 0.717) is 22.0 Å². The van der Waals surface area contributed by atoms with Crippen molar-refractivity contribution in [3.05, 3.63) is 58.1 Å². The third-order valence-corrected chi connectivity index (χ3v) is 4.72. The van der Waals surface area contributed by atoms with Crippen LogP contribution in [0.2, 0.25) is 5.02 Å². The summed E-state index contributed by atoms with van der Waals surface area (Å²) in [4.78, 5) is 25.0. The molecule has 0 heterocycles. The van der Waals surface area contributed by atoms with E-state index in [1.165, 1.54) is 7.05 Å². The Balaban J connectivity index is 2.60. The van der Waals surface area contributed by atoms with Crippen molar-refractivity contribution in [1.29, 1.82) is 0 Å². The Bertz CT molecular complexity index is 872.